The molecule has 0 saturated carbocycles. The number of hydrogen-bond acceptors (Lipinski definition) is 3. The molecular weight excluding hydrogens is 352 g/mol. The van der Waals surface area contributed by atoms with Crippen molar-refractivity contribution in [3.8, 4) is 5.75 Å². The van der Waals surface area contributed by atoms with Gasteiger partial charge in [0.25, 0.3) is 11.8 Å². The van der Waals surface area contributed by atoms with Gasteiger partial charge in [-0.05, 0) is 49.2 Å². The number of carbonyl (C=O) groups is 2. The van der Waals surface area contributed by atoms with Crippen molar-refractivity contribution >= 4 is 29.1 Å². The van der Waals surface area contributed by atoms with Crippen molar-refractivity contribution in [2.24, 2.45) is 0 Å². The van der Waals surface area contributed by atoms with Crippen LogP contribution in [-0.4, -0.2) is 25.0 Å². The number of para-hydroxylation sites is 1. The summed E-state index contributed by atoms with van der Waals surface area (Å²) in [6.07, 6.45) is 1.59. The van der Waals surface area contributed by atoms with E-state index in [9.17, 15) is 9.59 Å². The monoisotopic (exact) mass is 372 g/mol. The zero-order chi connectivity index (χ0) is 19.1. The molecule has 0 aliphatic heterocycles. The topological polar surface area (TPSA) is 67.4 Å². The number of halogens is 1. The van der Waals surface area contributed by atoms with E-state index in [2.05, 4.69) is 17.2 Å². The minimum atomic E-state index is -0.362. The Hall–Kier alpha value is -2.79. The number of aryl methyl sites for hydroxylation is 2. The number of carbonyl (C=O) groups excluding carboxylic acids is 2. The molecule has 0 radical (unpaired) electrons. The molecule has 0 saturated heterocycles. The largest absolute Gasteiger partial charge is 0.484 e. The predicted molar refractivity (Wildman–Crippen MR) is 104 cm³/mol. The zero-order valence-electron chi connectivity index (χ0n) is 14.8. The quantitative estimate of drug-likeness (QED) is 0.724. The average molecular weight is 373 g/mol. The lowest BCUT2D eigenvalue weighted by Gasteiger charge is -2.12. The van der Waals surface area contributed by atoms with Crippen molar-refractivity contribution < 1.29 is 14.3 Å². The normalized spacial score (nSPS) is 10.1. The fourth-order valence-corrected chi connectivity index (χ4v) is 2.48. The second kappa shape index (κ2) is 9.06. The van der Waals surface area contributed by atoms with Crippen LogP contribution in [0.1, 0.15) is 21.5 Å². The van der Waals surface area contributed by atoms with Gasteiger partial charge in [-0.2, -0.15) is 0 Å². The van der Waals surface area contributed by atoms with Gasteiger partial charge in [-0.15, -0.1) is 6.58 Å². The molecule has 0 fully saturated rings. The minimum Gasteiger partial charge on any atom is -0.484 e. The molecule has 2 aromatic carbocycles. The Balaban J connectivity index is 2.02. The molecule has 5 nitrogen and oxygen atoms in total. The Labute approximate surface area is 158 Å². The summed E-state index contributed by atoms with van der Waals surface area (Å²) >= 11 is 6.12. The molecule has 0 aliphatic carbocycles. The van der Waals surface area contributed by atoms with Crippen LogP contribution in [-0.2, 0) is 4.79 Å². The van der Waals surface area contributed by atoms with E-state index in [1.807, 2.05) is 13.8 Å². The first-order chi connectivity index (χ1) is 12.4. The first kappa shape index (κ1) is 19.5. The number of rotatable bonds is 7. The molecule has 0 aromatic heterocycles. The van der Waals surface area contributed by atoms with Gasteiger partial charge in [0.2, 0.25) is 0 Å². The molecule has 0 heterocycles. The van der Waals surface area contributed by atoms with Gasteiger partial charge in [0.1, 0.15) is 5.75 Å². The van der Waals surface area contributed by atoms with Crippen LogP contribution in [0, 0.1) is 13.8 Å². The zero-order valence-corrected chi connectivity index (χ0v) is 15.5. The standard InChI is InChI=1S/C20H21ClN2O3/c1-4-9-22-20(25)16-7-5-6-8-17(16)23-18(24)12-26-15-10-13(2)19(21)14(3)11-15/h4-8,10-11H,1,9,12H2,2-3H3,(H,22,25)(H,23,24). The molecule has 2 amide bonds. The molecule has 0 spiro atoms. The van der Waals surface area contributed by atoms with Crippen molar-refractivity contribution in [3.63, 3.8) is 0 Å². The molecule has 26 heavy (non-hydrogen) atoms. The fourth-order valence-electron chi connectivity index (χ4n) is 2.37. The van der Waals surface area contributed by atoms with E-state index >= 15 is 0 Å². The highest BCUT2D eigenvalue weighted by Gasteiger charge is 2.13. The first-order valence-electron chi connectivity index (χ1n) is 8.10. The van der Waals surface area contributed by atoms with E-state index in [4.69, 9.17) is 16.3 Å². The summed E-state index contributed by atoms with van der Waals surface area (Å²) in [5.74, 6) is -0.0820. The fraction of sp³-hybridized carbons (Fsp3) is 0.200. The van der Waals surface area contributed by atoms with Gasteiger partial charge in [0, 0.05) is 11.6 Å². The third-order valence-corrected chi connectivity index (χ3v) is 4.23. The van der Waals surface area contributed by atoms with Crippen LogP contribution in [0.2, 0.25) is 5.02 Å². The van der Waals surface area contributed by atoms with Gasteiger partial charge in [0.05, 0.1) is 11.3 Å². The van der Waals surface area contributed by atoms with Gasteiger partial charge in [0.15, 0.2) is 6.61 Å². The molecule has 0 atom stereocenters. The van der Waals surface area contributed by atoms with Crippen LogP contribution in [0.4, 0.5) is 5.69 Å². The lowest BCUT2D eigenvalue weighted by atomic mass is 10.1. The van der Waals surface area contributed by atoms with Crippen LogP contribution in [0.5, 0.6) is 5.75 Å². The lowest BCUT2D eigenvalue weighted by molar-refractivity contribution is -0.118. The van der Waals surface area contributed by atoms with E-state index in [0.717, 1.165) is 11.1 Å². The van der Waals surface area contributed by atoms with Crippen molar-refractivity contribution in [1.82, 2.24) is 5.32 Å². The highest BCUT2D eigenvalue weighted by Crippen LogP contribution is 2.25. The van der Waals surface area contributed by atoms with Gasteiger partial charge in [-0.1, -0.05) is 29.8 Å². The number of amides is 2. The molecule has 6 heteroatoms. The Bertz CT molecular complexity index is 811. The smallest absolute Gasteiger partial charge is 0.262 e. The third kappa shape index (κ3) is 5.10. The van der Waals surface area contributed by atoms with Gasteiger partial charge >= 0.3 is 0 Å². The average Bonchev–Trinajstić information content (AvgIpc) is 2.62. The number of anilines is 1. The van der Waals surface area contributed by atoms with E-state index in [1.165, 1.54) is 0 Å². The maximum absolute atomic E-state index is 12.2. The number of hydrogen-bond donors (Lipinski definition) is 2. The van der Waals surface area contributed by atoms with E-state index in [0.29, 0.717) is 28.6 Å². The second-order valence-electron chi connectivity index (χ2n) is 5.75. The first-order valence-corrected chi connectivity index (χ1v) is 8.47. The molecule has 2 rings (SSSR count). The van der Waals surface area contributed by atoms with Crippen LogP contribution in [0.25, 0.3) is 0 Å². The van der Waals surface area contributed by atoms with Crippen molar-refractivity contribution in [3.05, 3.63) is 70.8 Å². The Morgan fingerprint density at radius 3 is 2.50 bits per heavy atom. The van der Waals surface area contributed by atoms with Crippen LogP contribution in [0.15, 0.2) is 49.1 Å². The molecule has 0 unspecified atom stereocenters. The SMILES string of the molecule is C=CCNC(=O)c1ccccc1NC(=O)COc1cc(C)c(Cl)c(C)c1. The highest BCUT2D eigenvalue weighted by atomic mass is 35.5. The Morgan fingerprint density at radius 2 is 1.85 bits per heavy atom. The van der Waals surface area contributed by atoms with Crippen molar-refractivity contribution in [1.29, 1.82) is 0 Å². The summed E-state index contributed by atoms with van der Waals surface area (Å²) < 4.78 is 5.54. The minimum absolute atomic E-state index is 0.177. The number of ether oxygens (including phenoxy) is 1. The molecule has 2 aromatic rings. The van der Waals surface area contributed by atoms with Gasteiger partial charge < -0.3 is 15.4 Å². The summed E-state index contributed by atoms with van der Waals surface area (Å²) in [5, 5.41) is 6.07. The van der Waals surface area contributed by atoms with Crippen LogP contribution < -0.4 is 15.4 Å². The summed E-state index contributed by atoms with van der Waals surface area (Å²) in [7, 11) is 0. The number of benzene rings is 2. The maximum Gasteiger partial charge on any atom is 0.262 e. The molecule has 136 valence electrons. The van der Waals surface area contributed by atoms with Crippen LogP contribution >= 0.6 is 11.6 Å². The highest BCUT2D eigenvalue weighted by molar-refractivity contribution is 6.32. The number of nitrogens with one attached hydrogen (secondary N) is 2. The summed E-state index contributed by atoms with van der Waals surface area (Å²) in [4.78, 5) is 24.3. The lowest BCUT2D eigenvalue weighted by Crippen LogP contribution is -2.26. The van der Waals surface area contributed by atoms with E-state index in [-0.39, 0.29) is 18.4 Å². The molecular formula is C20H21ClN2O3. The predicted octanol–water partition coefficient (Wildman–Crippen LogP) is 3.89. The molecule has 0 bridgehead atoms. The van der Waals surface area contributed by atoms with E-state index < -0.39 is 0 Å². The summed E-state index contributed by atoms with van der Waals surface area (Å²) in [6, 6.07) is 10.3. The van der Waals surface area contributed by atoms with E-state index in [1.54, 1.807) is 42.5 Å². The summed E-state index contributed by atoms with van der Waals surface area (Å²) in [5.41, 5.74) is 2.56. The third-order valence-electron chi connectivity index (χ3n) is 3.63. The second-order valence-corrected chi connectivity index (χ2v) is 6.13. The Morgan fingerprint density at radius 1 is 1.19 bits per heavy atom. The van der Waals surface area contributed by atoms with Gasteiger partial charge in [-0.3, -0.25) is 9.59 Å². The van der Waals surface area contributed by atoms with Crippen molar-refractivity contribution in [2.75, 3.05) is 18.5 Å². The van der Waals surface area contributed by atoms with Crippen LogP contribution in [0.3, 0.4) is 0 Å². The molecule has 2 N–H and O–H groups in total. The summed E-state index contributed by atoms with van der Waals surface area (Å²) in [6.45, 7) is 7.48. The van der Waals surface area contributed by atoms with Crippen molar-refractivity contribution in [2.45, 2.75) is 13.8 Å². The maximum atomic E-state index is 12.2. The molecule has 0 aliphatic rings. The van der Waals surface area contributed by atoms with Gasteiger partial charge in [-0.25, -0.2) is 0 Å². The Kier molecular flexibility index (Phi) is 6.81.